The van der Waals surface area contributed by atoms with E-state index in [9.17, 15) is 14.7 Å². The van der Waals surface area contributed by atoms with Crippen molar-refractivity contribution in [2.45, 2.75) is 44.8 Å². The lowest BCUT2D eigenvalue weighted by Gasteiger charge is -2.23. The van der Waals surface area contributed by atoms with E-state index >= 15 is 0 Å². The van der Waals surface area contributed by atoms with Crippen LogP contribution in [-0.2, 0) is 22.4 Å². The molecule has 0 radical (unpaired) electrons. The smallest absolute Gasteiger partial charge is 0.231 e. The zero-order valence-electron chi connectivity index (χ0n) is 15.6. The third kappa shape index (κ3) is 4.74. The maximum Gasteiger partial charge on any atom is 0.231 e. The van der Waals surface area contributed by atoms with Gasteiger partial charge >= 0.3 is 0 Å². The number of hydrogen-bond acceptors (Lipinski definition) is 6. The maximum absolute atomic E-state index is 12.7. The summed E-state index contributed by atoms with van der Waals surface area (Å²) in [6.45, 7) is 1.95. The standard InChI is InChI=1S/C20H24N2O5/c1-13-8-17(27-21-13)11-20(25)22-12-15(23)10-18(22)19(24)7-6-14-4-3-5-16(9-14)26-2/h3-5,8-9,15,18,23H,6-7,10-12H2,1-2H3/t15-,18+/m1/s1. The monoisotopic (exact) mass is 372 g/mol. The number of ketones is 1. The Balaban J connectivity index is 1.62. The molecule has 3 rings (SSSR count). The molecule has 2 atom stereocenters. The molecule has 0 bridgehead atoms. The summed E-state index contributed by atoms with van der Waals surface area (Å²) in [5.41, 5.74) is 1.70. The first-order chi connectivity index (χ1) is 13.0. The normalized spacial score (nSPS) is 19.3. The number of aromatic nitrogens is 1. The first-order valence-electron chi connectivity index (χ1n) is 9.01. The Morgan fingerprint density at radius 3 is 2.89 bits per heavy atom. The lowest BCUT2D eigenvalue weighted by atomic mass is 10.0. The molecule has 1 aliphatic heterocycles. The molecule has 1 N–H and O–H groups in total. The van der Waals surface area contributed by atoms with E-state index in [1.165, 1.54) is 4.90 Å². The average Bonchev–Trinajstić information content (AvgIpc) is 3.25. The summed E-state index contributed by atoms with van der Waals surface area (Å²) in [6, 6.07) is 8.67. The van der Waals surface area contributed by atoms with Crippen LogP contribution in [0.5, 0.6) is 5.75 Å². The number of aliphatic hydroxyl groups excluding tert-OH is 1. The molecule has 144 valence electrons. The zero-order valence-corrected chi connectivity index (χ0v) is 15.6. The van der Waals surface area contributed by atoms with Crippen LogP contribution in [0, 0.1) is 6.92 Å². The van der Waals surface area contributed by atoms with Crippen molar-refractivity contribution in [2.75, 3.05) is 13.7 Å². The minimum atomic E-state index is -0.684. The molecule has 0 saturated carbocycles. The van der Waals surface area contributed by atoms with Crippen molar-refractivity contribution < 1.29 is 24.0 Å². The first kappa shape index (κ1) is 19.1. The molecule has 27 heavy (non-hydrogen) atoms. The van der Waals surface area contributed by atoms with E-state index < -0.39 is 12.1 Å². The fourth-order valence-corrected chi connectivity index (χ4v) is 3.41. The number of nitrogens with zero attached hydrogens (tertiary/aromatic N) is 2. The predicted octanol–water partition coefficient (Wildman–Crippen LogP) is 1.70. The van der Waals surface area contributed by atoms with Gasteiger partial charge in [-0.3, -0.25) is 9.59 Å². The summed E-state index contributed by atoms with van der Waals surface area (Å²) in [7, 11) is 1.60. The van der Waals surface area contributed by atoms with Crippen molar-refractivity contribution in [1.82, 2.24) is 10.1 Å². The fraction of sp³-hybridized carbons (Fsp3) is 0.450. The Bertz CT molecular complexity index is 816. The van der Waals surface area contributed by atoms with Gasteiger partial charge in [0, 0.05) is 25.5 Å². The van der Waals surface area contributed by atoms with Crippen LogP contribution in [0.1, 0.15) is 29.9 Å². The van der Waals surface area contributed by atoms with Gasteiger partial charge in [-0.2, -0.15) is 0 Å². The van der Waals surface area contributed by atoms with Crippen LogP contribution in [0.15, 0.2) is 34.9 Å². The highest BCUT2D eigenvalue weighted by atomic mass is 16.5. The van der Waals surface area contributed by atoms with Gasteiger partial charge in [-0.1, -0.05) is 17.3 Å². The molecule has 1 aromatic heterocycles. The van der Waals surface area contributed by atoms with E-state index in [2.05, 4.69) is 5.16 Å². The Morgan fingerprint density at radius 2 is 2.19 bits per heavy atom. The highest BCUT2D eigenvalue weighted by Gasteiger charge is 2.38. The van der Waals surface area contributed by atoms with E-state index in [-0.39, 0.29) is 31.1 Å². The van der Waals surface area contributed by atoms with Crippen LogP contribution in [0.2, 0.25) is 0 Å². The van der Waals surface area contributed by atoms with Gasteiger partial charge < -0.3 is 19.3 Å². The molecule has 0 aliphatic carbocycles. The number of carbonyl (C=O) groups is 2. The number of aryl methyl sites for hydroxylation is 2. The van der Waals surface area contributed by atoms with Crippen LogP contribution in [0.3, 0.4) is 0 Å². The summed E-state index contributed by atoms with van der Waals surface area (Å²) < 4.78 is 10.3. The minimum absolute atomic E-state index is 0.0349. The Kier molecular flexibility index (Phi) is 5.91. The fourth-order valence-electron chi connectivity index (χ4n) is 3.41. The number of β-amino-alcohol motifs (C(OH)–C–C–N with tert-alkyl or cyclic N) is 1. The number of likely N-dealkylation sites (tertiary alicyclic amines) is 1. The van der Waals surface area contributed by atoms with Gasteiger partial charge in [0.2, 0.25) is 5.91 Å². The summed E-state index contributed by atoms with van der Waals surface area (Å²) >= 11 is 0. The van der Waals surface area contributed by atoms with Crippen LogP contribution in [-0.4, -0.2) is 52.7 Å². The number of ether oxygens (including phenoxy) is 1. The zero-order chi connectivity index (χ0) is 19.4. The van der Waals surface area contributed by atoms with E-state index in [0.29, 0.717) is 24.3 Å². The molecule has 1 aliphatic rings. The van der Waals surface area contributed by atoms with Crippen LogP contribution >= 0.6 is 0 Å². The largest absolute Gasteiger partial charge is 0.497 e. The molecule has 7 nitrogen and oxygen atoms in total. The topological polar surface area (TPSA) is 92.9 Å². The maximum atomic E-state index is 12.7. The van der Waals surface area contributed by atoms with E-state index in [4.69, 9.17) is 9.26 Å². The number of hydrogen-bond donors (Lipinski definition) is 1. The molecular formula is C20H24N2O5. The van der Waals surface area contributed by atoms with Gasteiger partial charge in [0.1, 0.15) is 11.5 Å². The molecule has 7 heteroatoms. The molecule has 1 fully saturated rings. The second-order valence-electron chi connectivity index (χ2n) is 6.88. The first-order valence-corrected chi connectivity index (χ1v) is 9.01. The lowest BCUT2D eigenvalue weighted by Crippen LogP contribution is -2.41. The molecule has 2 heterocycles. The van der Waals surface area contributed by atoms with Crippen LogP contribution in [0.4, 0.5) is 0 Å². The van der Waals surface area contributed by atoms with Gasteiger partial charge in [0.25, 0.3) is 0 Å². The van der Waals surface area contributed by atoms with Gasteiger partial charge in [0.05, 0.1) is 31.4 Å². The summed E-state index contributed by atoms with van der Waals surface area (Å²) in [6.07, 6.45) is 0.490. The highest BCUT2D eigenvalue weighted by Crippen LogP contribution is 2.23. The van der Waals surface area contributed by atoms with Crippen molar-refractivity contribution in [1.29, 1.82) is 0 Å². The quantitative estimate of drug-likeness (QED) is 0.795. The second kappa shape index (κ2) is 8.35. The second-order valence-corrected chi connectivity index (χ2v) is 6.88. The van der Waals surface area contributed by atoms with Crippen molar-refractivity contribution in [3.63, 3.8) is 0 Å². The molecule has 1 aromatic carbocycles. The number of amides is 1. The molecular weight excluding hydrogens is 348 g/mol. The molecule has 1 amide bonds. The molecule has 0 unspecified atom stereocenters. The Hall–Kier alpha value is -2.67. The highest BCUT2D eigenvalue weighted by molar-refractivity contribution is 5.90. The van der Waals surface area contributed by atoms with Gasteiger partial charge in [-0.15, -0.1) is 0 Å². The van der Waals surface area contributed by atoms with Crippen LogP contribution in [0.25, 0.3) is 0 Å². The average molecular weight is 372 g/mol. The third-order valence-corrected chi connectivity index (χ3v) is 4.77. The molecule has 2 aromatic rings. The van der Waals surface area contributed by atoms with Crippen molar-refractivity contribution in [2.24, 2.45) is 0 Å². The number of aliphatic hydroxyl groups is 1. The number of carbonyl (C=O) groups excluding carboxylic acids is 2. The van der Waals surface area contributed by atoms with Gasteiger partial charge in [-0.25, -0.2) is 0 Å². The number of methoxy groups -OCH3 is 1. The molecule has 0 spiro atoms. The summed E-state index contributed by atoms with van der Waals surface area (Å²) in [5, 5.41) is 13.8. The number of Topliss-reactive ketones (excluding diaryl/α,β-unsaturated/α-hetero) is 1. The number of rotatable bonds is 7. The van der Waals surface area contributed by atoms with E-state index in [1.807, 2.05) is 24.3 Å². The van der Waals surface area contributed by atoms with Gasteiger partial charge in [0.15, 0.2) is 5.78 Å². The van der Waals surface area contributed by atoms with Crippen LogP contribution < -0.4 is 4.74 Å². The Labute approximate surface area is 157 Å². The predicted molar refractivity (Wildman–Crippen MR) is 97.4 cm³/mol. The van der Waals surface area contributed by atoms with Crippen molar-refractivity contribution >= 4 is 11.7 Å². The third-order valence-electron chi connectivity index (χ3n) is 4.77. The van der Waals surface area contributed by atoms with Crippen molar-refractivity contribution in [3.05, 3.63) is 47.3 Å². The van der Waals surface area contributed by atoms with E-state index in [1.54, 1.807) is 20.1 Å². The van der Waals surface area contributed by atoms with Crippen molar-refractivity contribution in [3.8, 4) is 5.75 Å². The minimum Gasteiger partial charge on any atom is -0.497 e. The SMILES string of the molecule is COc1cccc(CCC(=O)[C@@H]2C[C@@H](O)CN2C(=O)Cc2cc(C)no2)c1. The summed E-state index contributed by atoms with van der Waals surface area (Å²) in [5.74, 6) is 0.927. The Morgan fingerprint density at radius 1 is 1.37 bits per heavy atom. The number of benzene rings is 1. The van der Waals surface area contributed by atoms with E-state index in [0.717, 1.165) is 11.3 Å². The van der Waals surface area contributed by atoms with Gasteiger partial charge in [-0.05, 0) is 31.0 Å². The summed E-state index contributed by atoms with van der Waals surface area (Å²) in [4.78, 5) is 26.8. The molecule has 1 saturated heterocycles. The lowest BCUT2D eigenvalue weighted by molar-refractivity contribution is -0.137.